The quantitative estimate of drug-likeness (QED) is 0.315. The van der Waals surface area contributed by atoms with Crippen molar-refractivity contribution in [3.8, 4) is 11.5 Å². The van der Waals surface area contributed by atoms with Gasteiger partial charge in [0, 0.05) is 36.1 Å². The zero-order chi connectivity index (χ0) is 30.3. The topological polar surface area (TPSA) is 147 Å². The van der Waals surface area contributed by atoms with Crippen LogP contribution in [0.2, 0.25) is 0 Å². The van der Waals surface area contributed by atoms with Gasteiger partial charge in [-0.15, -0.1) is 11.3 Å². The van der Waals surface area contributed by atoms with E-state index in [1.54, 1.807) is 17.0 Å². The Morgan fingerprint density at radius 3 is 2.48 bits per heavy atom. The molecule has 0 spiro atoms. The van der Waals surface area contributed by atoms with Gasteiger partial charge in [-0.05, 0) is 37.5 Å². The average molecular weight is 616 g/mol. The minimum Gasteiger partial charge on any atom is -0.496 e. The van der Waals surface area contributed by atoms with Gasteiger partial charge < -0.3 is 19.7 Å². The van der Waals surface area contributed by atoms with Crippen molar-refractivity contribution in [3.63, 3.8) is 0 Å². The number of nitrogens with one attached hydrogen (secondary N) is 2. The zero-order valence-corrected chi connectivity index (χ0v) is 25.2. The summed E-state index contributed by atoms with van der Waals surface area (Å²) in [5.41, 5.74) is 2.18. The standard InChI is InChI=1S/C28H33N5O7S2/c1-19-23(39-2)14-21(15-24(19)40-3)28(36)32(12-7-10-20-8-5-4-6-9-20)17-26-30-22(18-41-26)27(35)31-42(37,38)33-13-11-29-25(34)16-33/h4-6,8-9,14-15,18H,7,10-13,16-17H2,1-3H3,(H,29,34)(H,31,35). The van der Waals surface area contributed by atoms with Crippen molar-refractivity contribution < 1.29 is 32.3 Å². The van der Waals surface area contributed by atoms with Crippen molar-refractivity contribution in [3.05, 3.63) is 75.2 Å². The number of thiazole rings is 1. The molecule has 2 heterocycles. The Morgan fingerprint density at radius 1 is 1.14 bits per heavy atom. The number of carbonyl (C=O) groups excluding carboxylic acids is 3. The van der Waals surface area contributed by atoms with Gasteiger partial charge in [-0.1, -0.05) is 30.3 Å². The molecule has 0 bridgehead atoms. The lowest BCUT2D eigenvalue weighted by Crippen LogP contribution is -2.54. The molecule has 1 fully saturated rings. The molecule has 2 N–H and O–H groups in total. The smallest absolute Gasteiger partial charge is 0.304 e. The molecule has 3 aromatic rings. The molecule has 1 aromatic heterocycles. The zero-order valence-electron chi connectivity index (χ0n) is 23.6. The van der Waals surface area contributed by atoms with Crippen LogP contribution in [-0.2, 0) is 28.0 Å². The molecule has 12 nitrogen and oxygen atoms in total. The number of rotatable bonds is 12. The van der Waals surface area contributed by atoms with E-state index in [0.717, 1.165) is 33.2 Å². The summed E-state index contributed by atoms with van der Waals surface area (Å²) in [5, 5.41) is 4.43. The van der Waals surface area contributed by atoms with Gasteiger partial charge in [0.25, 0.3) is 11.8 Å². The Labute approximate surface area is 248 Å². The molecule has 4 rings (SSSR count). The van der Waals surface area contributed by atoms with Crippen LogP contribution in [0, 0.1) is 6.92 Å². The predicted octanol–water partition coefficient (Wildman–Crippen LogP) is 2.15. The molecule has 0 unspecified atom stereocenters. The number of hydrogen-bond donors (Lipinski definition) is 2. The molecule has 0 atom stereocenters. The molecule has 14 heteroatoms. The summed E-state index contributed by atoms with van der Waals surface area (Å²) < 4.78 is 39.0. The van der Waals surface area contributed by atoms with E-state index in [1.807, 2.05) is 42.0 Å². The summed E-state index contributed by atoms with van der Waals surface area (Å²) in [6.45, 7) is 2.17. The number of methoxy groups -OCH3 is 2. The molecule has 224 valence electrons. The van der Waals surface area contributed by atoms with E-state index < -0.39 is 22.0 Å². The molecule has 3 amide bonds. The fourth-order valence-electron chi connectivity index (χ4n) is 4.47. The maximum atomic E-state index is 13.8. The Bertz CT molecular complexity index is 1520. The number of ether oxygens (including phenoxy) is 2. The minimum atomic E-state index is -4.23. The molecule has 1 saturated heterocycles. The minimum absolute atomic E-state index is 0.0469. The lowest BCUT2D eigenvalue weighted by atomic mass is 10.1. The highest BCUT2D eigenvalue weighted by molar-refractivity contribution is 7.87. The lowest BCUT2D eigenvalue weighted by molar-refractivity contribution is -0.122. The van der Waals surface area contributed by atoms with Crippen LogP contribution in [-0.4, -0.2) is 80.7 Å². The van der Waals surface area contributed by atoms with Crippen LogP contribution in [0.25, 0.3) is 0 Å². The Balaban J connectivity index is 1.51. The van der Waals surface area contributed by atoms with Crippen molar-refractivity contribution in [2.24, 2.45) is 0 Å². The van der Waals surface area contributed by atoms with Gasteiger partial charge in [0.05, 0.1) is 27.3 Å². The fraction of sp³-hybridized carbons (Fsp3) is 0.357. The summed E-state index contributed by atoms with van der Waals surface area (Å²) in [6, 6.07) is 13.3. The third-order valence-electron chi connectivity index (χ3n) is 6.70. The number of aryl methyl sites for hydroxylation is 1. The molecule has 0 radical (unpaired) electrons. The highest BCUT2D eigenvalue weighted by Crippen LogP contribution is 2.30. The number of benzene rings is 2. The van der Waals surface area contributed by atoms with Gasteiger partial charge in [-0.2, -0.15) is 12.7 Å². The largest absolute Gasteiger partial charge is 0.496 e. The number of aromatic nitrogens is 1. The van der Waals surface area contributed by atoms with Crippen LogP contribution in [0.1, 0.15) is 43.4 Å². The molecular weight excluding hydrogens is 582 g/mol. The number of nitrogens with zero attached hydrogens (tertiary/aromatic N) is 3. The highest BCUT2D eigenvalue weighted by atomic mass is 32.2. The first-order chi connectivity index (χ1) is 20.1. The second-order valence-corrected chi connectivity index (χ2v) is 12.2. The van der Waals surface area contributed by atoms with E-state index in [0.29, 0.717) is 35.0 Å². The van der Waals surface area contributed by atoms with Crippen LogP contribution in [0.15, 0.2) is 47.8 Å². The SMILES string of the molecule is COc1cc(C(=O)N(CCCc2ccccc2)Cc2nc(C(=O)NS(=O)(=O)N3CCNC(=O)C3)cs2)cc(OC)c1C. The first-order valence-corrected chi connectivity index (χ1v) is 15.5. The third-order valence-corrected chi connectivity index (χ3v) is 8.97. The van der Waals surface area contributed by atoms with Crippen molar-refractivity contribution in [1.29, 1.82) is 0 Å². The summed E-state index contributed by atoms with van der Waals surface area (Å²) in [6.07, 6.45) is 1.43. The third kappa shape index (κ3) is 7.63. The Kier molecular flexibility index (Phi) is 10.1. The van der Waals surface area contributed by atoms with E-state index in [1.165, 1.54) is 19.6 Å². The van der Waals surface area contributed by atoms with E-state index in [2.05, 4.69) is 10.3 Å². The number of carbonyl (C=O) groups is 3. The molecule has 42 heavy (non-hydrogen) atoms. The second kappa shape index (κ2) is 13.8. The maximum absolute atomic E-state index is 13.8. The van der Waals surface area contributed by atoms with Crippen molar-refractivity contribution in [2.45, 2.75) is 26.3 Å². The highest BCUT2D eigenvalue weighted by Gasteiger charge is 2.30. The predicted molar refractivity (Wildman–Crippen MR) is 157 cm³/mol. The van der Waals surface area contributed by atoms with Gasteiger partial charge in [0.2, 0.25) is 5.91 Å². The molecular formula is C28H33N5O7S2. The van der Waals surface area contributed by atoms with Crippen molar-refractivity contribution in [1.82, 2.24) is 24.2 Å². The molecule has 0 aliphatic carbocycles. The van der Waals surface area contributed by atoms with Gasteiger partial charge in [-0.25, -0.2) is 9.71 Å². The summed E-state index contributed by atoms with van der Waals surface area (Å²) >= 11 is 1.14. The Hall–Kier alpha value is -4.01. The van der Waals surface area contributed by atoms with E-state index in [-0.39, 0.29) is 37.8 Å². The van der Waals surface area contributed by atoms with E-state index in [4.69, 9.17) is 9.47 Å². The van der Waals surface area contributed by atoms with Gasteiger partial charge >= 0.3 is 10.2 Å². The number of hydrogen-bond acceptors (Lipinski definition) is 9. The average Bonchev–Trinajstić information content (AvgIpc) is 3.45. The summed E-state index contributed by atoms with van der Waals surface area (Å²) in [4.78, 5) is 44.1. The van der Waals surface area contributed by atoms with Crippen LogP contribution in [0.5, 0.6) is 11.5 Å². The monoisotopic (exact) mass is 615 g/mol. The molecule has 2 aromatic carbocycles. The summed E-state index contributed by atoms with van der Waals surface area (Å²) in [7, 11) is -1.19. The van der Waals surface area contributed by atoms with Crippen molar-refractivity contribution >= 4 is 39.3 Å². The van der Waals surface area contributed by atoms with E-state index in [9.17, 15) is 22.8 Å². The fourth-order valence-corrected chi connectivity index (χ4v) is 6.34. The van der Waals surface area contributed by atoms with E-state index >= 15 is 0 Å². The van der Waals surface area contributed by atoms with Crippen LogP contribution < -0.4 is 19.5 Å². The number of piperazine rings is 1. The van der Waals surface area contributed by atoms with Crippen LogP contribution in [0.4, 0.5) is 0 Å². The van der Waals surface area contributed by atoms with Crippen molar-refractivity contribution in [2.75, 3.05) is 40.4 Å². The van der Waals surface area contributed by atoms with Gasteiger partial charge in [0.15, 0.2) is 0 Å². The first-order valence-electron chi connectivity index (χ1n) is 13.2. The molecule has 1 aliphatic rings. The molecule has 0 saturated carbocycles. The lowest BCUT2D eigenvalue weighted by Gasteiger charge is -2.25. The van der Waals surface area contributed by atoms with Crippen LogP contribution in [0.3, 0.4) is 0 Å². The second-order valence-electron chi connectivity index (χ2n) is 9.57. The van der Waals surface area contributed by atoms with Gasteiger partial charge in [-0.3, -0.25) is 14.4 Å². The number of amides is 3. The summed E-state index contributed by atoms with van der Waals surface area (Å²) in [5.74, 6) is -0.605. The Morgan fingerprint density at radius 2 is 1.83 bits per heavy atom. The normalized spacial score (nSPS) is 13.7. The molecule has 1 aliphatic heterocycles. The van der Waals surface area contributed by atoms with Crippen LogP contribution >= 0.6 is 11.3 Å². The maximum Gasteiger partial charge on any atom is 0.304 e. The van der Waals surface area contributed by atoms with Gasteiger partial charge in [0.1, 0.15) is 22.2 Å². The first kappa shape index (κ1) is 30.9.